The van der Waals surface area contributed by atoms with Gasteiger partial charge in [-0.15, -0.1) is 0 Å². The van der Waals surface area contributed by atoms with E-state index in [1.165, 1.54) is 0 Å². The fraction of sp³-hybridized carbons (Fsp3) is 0.650. The van der Waals surface area contributed by atoms with Gasteiger partial charge in [0.1, 0.15) is 5.60 Å². The second kappa shape index (κ2) is 7.85. The Kier molecular flexibility index (Phi) is 5.67. The van der Waals surface area contributed by atoms with Crippen LogP contribution in [-0.2, 0) is 19.1 Å². The molecule has 154 valence electrons. The zero-order chi connectivity index (χ0) is 20.5. The van der Waals surface area contributed by atoms with Gasteiger partial charge in [0.15, 0.2) is 0 Å². The molecule has 2 aliphatic heterocycles. The lowest BCUT2D eigenvalue weighted by Gasteiger charge is -2.43. The van der Waals surface area contributed by atoms with Crippen molar-refractivity contribution in [3.05, 3.63) is 23.5 Å². The fourth-order valence-electron chi connectivity index (χ4n) is 3.78. The van der Waals surface area contributed by atoms with Crippen LogP contribution in [0.4, 0.5) is 4.79 Å². The van der Waals surface area contributed by atoms with E-state index in [9.17, 15) is 14.4 Å². The number of esters is 1. The SMILES string of the molecule is CCOC(=O)C1C=CC2=C(C1)N1CCN(C(=O)OC(C)(C)C)CC1CC(=O)N2. The topological polar surface area (TPSA) is 88.2 Å². The lowest BCUT2D eigenvalue weighted by Crippen LogP contribution is -2.55. The largest absolute Gasteiger partial charge is 0.466 e. The molecule has 1 aliphatic carbocycles. The number of carbonyl (C=O) groups is 3. The number of rotatable bonds is 2. The molecule has 1 fully saturated rings. The highest BCUT2D eigenvalue weighted by molar-refractivity contribution is 5.81. The quantitative estimate of drug-likeness (QED) is 0.722. The Hall–Kier alpha value is -2.51. The van der Waals surface area contributed by atoms with Crippen molar-refractivity contribution in [2.45, 2.75) is 52.2 Å². The standard InChI is InChI=1S/C20H29N3O5/c1-5-27-18(25)13-6-7-15-16(10-13)23-9-8-22(19(26)28-20(2,3)4)12-14(23)11-17(24)21-15/h6-7,13-14H,5,8-12H2,1-4H3,(H,21,24). The summed E-state index contributed by atoms with van der Waals surface area (Å²) in [5.41, 5.74) is 1.10. The lowest BCUT2D eigenvalue weighted by molar-refractivity contribution is -0.146. The molecule has 28 heavy (non-hydrogen) atoms. The summed E-state index contributed by atoms with van der Waals surface area (Å²) >= 11 is 0. The molecule has 1 saturated heterocycles. The van der Waals surface area contributed by atoms with Crippen LogP contribution >= 0.6 is 0 Å². The van der Waals surface area contributed by atoms with Crippen LogP contribution in [0.2, 0.25) is 0 Å². The second-order valence-electron chi connectivity index (χ2n) is 8.31. The molecule has 0 bridgehead atoms. The number of fused-ring (bicyclic) bond motifs is 2. The number of allylic oxidation sites excluding steroid dienone is 2. The molecule has 3 rings (SSSR count). The van der Waals surface area contributed by atoms with E-state index in [2.05, 4.69) is 10.2 Å². The van der Waals surface area contributed by atoms with Gasteiger partial charge in [-0.2, -0.15) is 0 Å². The van der Waals surface area contributed by atoms with E-state index in [1.807, 2.05) is 20.8 Å². The first kappa shape index (κ1) is 20.2. The van der Waals surface area contributed by atoms with E-state index < -0.39 is 5.60 Å². The molecule has 8 nitrogen and oxygen atoms in total. The number of hydrogen-bond donors (Lipinski definition) is 1. The first-order chi connectivity index (χ1) is 13.2. The maximum atomic E-state index is 12.5. The van der Waals surface area contributed by atoms with Crippen molar-refractivity contribution in [3.8, 4) is 0 Å². The maximum absolute atomic E-state index is 12.5. The van der Waals surface area contributed by atoms with Gasteiger partial charge in [0.2, 0.25) is 5.91 Å². The zero-order valence-corrected chi connectivity index (χ0v) is 17.0. The molecule has 0 aromatic rings. The summed E-state index contributed by atoms with van der Waals surface area (Å²) < 4.78 is 10.6. The minimum atomic E-state index is -0.564. The third-order valence-corrected chi connectivity index (χ3v) is 4.98. The summed E-state index contributed by atoms with van der Waals surface area (Å²) in [4.78, 5) is 40.8. The van der Waals surface area contributed by atoms with Crippen molar-refractivity contribution >= 4 is 18.0 Å². The van der Waals surface area contributed by atoms with Crippen LogP contribution < -0.4 is 5.32 Å². The lowest BCUT2D eigenvalue weighted by atomic mass is 9.94. The van der Waals surface area contributed by atoms with Gasteiger partial charge in [-0.1, -0.05) is 6.08 Å². The Bertz CT molecular complexity index is 722. The monoisotopic (exact) mass is 391 g/mol. The van der Waals surface area contributed by atoms with Crippen molar-refractivity contribution in [2.24, 2.45) is 5.92 Å². The van der Waals surface area contributed by atoms with Gasteiger partial charge >= 0.3 is 12.1 Å². The number of nitrogens with zero attached hydrogens (tertiary/aromatic N) is 2. The third kappa shape index (κ3) is 4.48. The van der Waals surface area contributed by atoms with Gasteiger partial charge in [-0.05, 0) is 33.8 Å². The van der Waals surface area contributed by atoms with Crippen LogP contribution in [0.5, 0.6) is 0 Å². The maximum Gasteiger partial charge on any atom is 0.410 e. The Morgan fingerprint density at radius 2 is 2.00 bits per heavy atom. The fourth-order valence-corrected chi connectivity index (χ4v) is 3.78. The molecule has 0 saturated carbocycles. The van der Waals surface area contributed by atoms with E-state index in [4.69, 9.17) is 9.47 Å². The number of carbonyl (C=O) groups excluding carboxylic acids is 3. The van der Waals surface area contributed by atoms with Crippen molar-refractivity contribution in [3.63, 3.8) is 0 Å². The minimum Gasteiger partial charge on any atom is -0.466 e. The van der Waals surface area contributed by atoms with Crippen LogP contribution in [0, 0.1) is 5.92 Å². The van der Waals surface area contributed by atoms with E-state index in [1.54, 1.807) is 24.0 Å². The summed E-state index contributed by atoms with van der Waals surface area (Å²) in [6.45, 7) is 9.12. The summed E-state index contributed by atoms with van der Waals surface area (Å²) in [5, 5.41) is 2.94. The Morgan fingerprint density at radius 3 is 2.68 bits per heavy atom. The molecule has 2 heterocycles. The smallest absolute Gasteiger partial charge is 0.410 e. The normalized spacial score (nSPS) is 24.8. The van der Waals surface area contributed by atoms with Crippen molar-refractivity contribution < 1.29 is 23.9 Å². The first-order valence-corrected chi connectivity index (χ1v) is 9.80. The number of piperazine rings is 1. The molecule has 8 heteroatoms. The average molecular weight is 391 g/mol. The first-order valence-electron chi connectivity index (χ1n) is 9.80. The molecule has 0 aromatic heterocycles. The van der Waals surface area contributed by atoms with Crippen molar-refractivity contribution in [1.29, 1.82) is 0 Å². The van der Waals surface area contributed by atoms with Gasteiger partial charge in [0.25, 0.3) is 0 Å². The molecule has 1 N–H and O–H groups in total. The van der Waals surface area contributed by atoms with Crippen molar-refractivity contribution in [2.75, 3.05) is 26.2 Å². The molecular weight excluding hydrogens is 362 g/mol. The van der Waals surface area contributed by atoms with Crippen molar-refractivity contribution in [1.82, 2.24) is 15.1 Å². The van der Waals surface area contributed by atoms with Crippen LogP contribution in [-0.4, -0.2) is 65.7 Å². The molecule has 0 aromatic carbocycles. The summed E-state index contributed by atoms with van der Waals surface area (Å²) in [6.07, 6.45) is 3.98. The number of hydrogen-bond acceptors (Lipinski definition) is 6. The average Bonchev–Trinajstić information content (AvgIpc) is 2.74. The minimum absolute atomic E-state index is 0.0923. The Balaban J connectivity index is 1.76. The molecular formula is C20H29N3O5. The predicted molar refractivity (Wildman–Crippen MR) is 102 cm³/mol. The van der Waals surface area contributed by atoms with Gasteiger partial charge in [-0.3, -0.25) is 9.59 Å². The molecule has 2 atom stereocenters. The third-order valence-electron chi connectivity index (χ3n) is 4.98. The van der Waals surface area contributed by atoms with Crippen LogP contribution in [0.15, 0.2) is 23.5 Å². The predicted octanol–water partition coefficient (Wildman–Crippen LogP) is 1.78. The Morgan fingerprint density at radius 1 is 1.25 bits per heavy atom. The number of amides is 2. The van der Waals surface area contributed by atoms with E-state index in [0.29, 0.717) is 32.7 Å². The summed E-state index contributed by atoms with van der Waals surface area (Å²) in [6, 6.07) is -0.150. The van der Waals surface area contributed by atoms with Gasteiger partial charge in [-0.25, -0.2) is 4.79 Å². The van der Waals surface area contributed by atoms with Gasteiger partial charge < -0.3 is 24.6 Å². The van der Waals surface area contributed by atoms with Crippen LogP contribution in [0.1, 0.15) is 40.5 Å². The zero-order valence-electron chi connectivity index (χ0n) is 17.0. The highest BCUT2D eigenvalue weighted by Gasteiger charge is 2.38. The molecule has 2 amide bonds. The van der Waals surface area contributed by atoms with Gasteiger partial charge in [0.05, 0.1) is 24.3 Å². The van der Waals surface area contributed by atoms with E-state index >= 15 is 0 Å². The summed E-state index contributed by atoms with van der Waals surface area (Å²) in [5.74, 6) is -0.715. The molecule has 0 spiro atoms. The van der Waals surface area contributed by atoms with E-state index in [-0.39, 0.29) is 36.4 Å². The van der Waals surface area contributed by atoms with Crippen LogP contribution in [0.25, 0.3) is 0 Å². The summed E-state index contributed by atoms with van der Waals surface area (Å²) in [7, 11) is 0. The van der Waals surface area contributed by atoms with Gasteiger partial charge in [0, 0.05) is 38.2 Å². The number of nitrogens with one attached hydrogen (secondary N) is 1. The molecule has 2 unspecified atom stereocenters. The Labute approximate surface area is 165 Å². The molecule has 3 aliphatic rings. The number of ether oxygens (including phenoxy) is 2. The second-order valence-corrected chi connectivity index (χ2v) is 8.31. The highest BCUT2D eigenvalue weighted by Crippen LogP contribution is 2.32. The molecule has 0 radical (unpaired) electrons. The van der Waals surface area contributed by atoms with E-state index in [0.717, 1.165) is 11.4 Å². The highest BCUT2D eigenvalue weighted by atomic mass is 16.6. The van der Waals surface area contributed by atoms with Crippen LogP contribution in [0.3, 0.4) is 0 Å².